The summed E-state index contributed by atoms with van der Waals surface area (Å²) >= 11 is 0. The summed E-state index contributed by atoms with van der Waals surface area (Å²) in [4.78, 5) is 36.8. The molecule has 2 heterocycles. The Morgan fingerprint density at radius 2 is 2.00 bits per heavy atom. The highest BCUT2D eigenvalue weighted by atomic mass is 16.1. The van der Waals surface area contributed by atoms with E-state index in [0.29, 0.717) is 12.5 Å². The fourth-order valence-electron chi connectivity index (χ4n) is 4.20. The highest BCUT2D eigenvalue weighted by Crippen LogP contribution is 2.20. The summed E-state index contributed by atoms with van der Waals surface area (Å²) in [6.07, 6.45) is 10.1. The summed E-state index contributed by atoms with van der Waals surface area (Å²) < 4.78 is 1.72. The van der Waals surface area contributed by atoms with Crippen molar-refractivity contribution >= 4 is 12.0 Å². The van der Waals surface area contributed by atoms with Crippen molar-refractivity contribution in [1.29, 1.82) is 0 Å². The van der Waals surface area contributed by atoms with Gasteiger partial charge in [0.05, 0.1) is 12.0 Å². The van der Waals surface area contributed by atoms with Gasteiger partial charge in [0.15, 0.2) is 0 Å². The van der Waals surface area contributed by atoms with Crippen molar-refractivity contribution in [1.82, 2.24) is 19.4 Å². The van der Waals surface area contributed by atoms with Crippen LogP contribution in [0.5, 0.6) is 0 Å². The molecule has 1 aliphatic heterocycles. The smallest absolute Gasteiger partial charge is 0.257 e. The number of hydrogen-bond donors (Lipinski definition) is 0. The quantitative estimate of drug-likeness (QED) is 0.360. The molecule has 196 valence electrons. The van der Waals surface area contributed by atoms with Gasteiger partial charge in [-0.05, 0) is 59.8 Å². The lowest BCUT2D eigenvalue weighted by Crippen LogP contribution is -2.38. The van der Waals surface area contributed by atoms with E-state index in [2.05, 4.69) is 47.7 Å². The van der Waals surface area contributed by atoms with Crippen LogP contribution >= 0.6 is 0 Å². The van der Waals surface area contributed by atoms with Crippen LogP contribution in [-0.2, 0) is 17.8 Å². The van der Waals surface area contributed by atoms with Gasteiger partial charge in [-0.1, -0.05) is 49.8 Å². The maximum atomic E-state index is 13.1. The number of fused-ring (bicyclic) bond motifs is 1. The molecule has 1 aliphatic rings. The minimum absolute atomic E-state index is 0.0435. The molecule has 2 aromatic rings. The highest BCUT2D eigenvalue weighted by molar-refractivity contribution is 5.89. The molecule has 2 unspecified atom stereocenters. The van der Waals surface area contributed by atoms with Crippen LogP contribution in [0.25, 0.3) is 0 Å². The van der Waals surface area contributed by atoms with Gasteiger partial charge >= 0.3 is 0 Å². The Morgan fingerprint density at radius 1 is 1.28 bits per heavy atom. The van der Waals surface area contributed by atoms with E-state index >= 15 is 0 Å². The molecule has 0 N–H and O–H groups in total. The zero-order valence-electron chi connectivity index (χ0n) is 22.9. The van der Waals surface area contributed by atoms with Crippen molar-refractivity contribution in [2.75, 3.05) is 27.2 Å². The first-order chi connectivity index (χ1) is 17.3. The average Bonchev–Trinajstić information content (AvgIpc) is 2.88. The molecule has 0 bridgehead atoms. The molecule has 0 saturated heterocycles. The number of hydrogen-bond acceptors (Lipinski definition) is 6. The number of likely N-dealkylation sites (N-methyl/N-ethyl adjacent to an activating group) is 1. The maximum absolute atomic E-state index is 13.1. The molecule has 7 nitrogen and oxygen atoms in total. The number of carbonyl (C=O) groups is 1. The second-order valence-corrected chi connectivity index (χ2v) is 9.52. The summed E-state index contributed by atoms with van der Waals surface area (Å²) in [6, 6.07) is 10.1. The minimum atomic E-state index is -0.248. The third-order valence-corrected chi connectivity index (χ3v) is 6.61. The fraction of sp³-hybridized carbons (Fsp3) is 0.517. The average molecular weight is 494 g/mol. The monoisotopic (exact) mass is 493 g/mol. The Kier molecular flexibility index (Phi) is 12.4. The summed E-state index contributed by atoms with van der Waals surface area (Å²) in [5.41, 5.74) is 3.67. The number of nitrogens with zero attached hydrogens (tertiary/aromatic N) is 5. The van der Waals surface area contributed by atoms with Crippen LogP contribution < -0.4 is 5.56 Å². The Bertz CT molecular complexity index is 1060. The number of unbranched alkanes of at least 4 members (excludes halogenated alkanes) is 1. The number of allylic oxidation sites excluding steroid dienone is 1. The first-order valence-electron chi connectivity index (χ1n) is 13.0. The van der Waals surface area contributed by atoms with Crippen molar-refractivity contribution in [3.05, 3.63) is 76.1 Å². The molecule has 3 rings (SSSR count). The normalized spacial score (nSPS) is 15.8. The summed E-state index contributed by atoms with van der Waals surface area (Å²) in [7, 11) is 4.13. The summed E-state index contributed by atoms with van der Waals surface area (Å²) in [5.74, 6) is 0. The molecular weight excluding hydrogens is 450 g/mol. The topological polar surface area (TPSA) is 70.8 Å². The number of aldehydes is 1. The lowest BCUT2D eigenvalue weighted by Gasteiger charge is -2.26. The third kappa shape index (κ3) is 8.35. The maximum Gasteiger partial charge on any atom is 0.257 e. The Hall–Kier alpha value is -2.90. The van der Waals surface area contributed by atoms with Crippen molar-refractivity contribution in [3.8, 4) is 0 Å². The highest BCUT2D eigenvalue weighted by Gasteiger charge is 2.24. The second kappa shape index (κ2) is 15.3. The predicted molar refractivity (Wildman–Crippen MR) is 149 cm³/mol. The lowest BCUT2D eigenvalue weighted by molar-refractivity contribution is -0.108. The van der Waals surface area contributed by atoms with E-state index < -0.39 is 0 Å². The number of aliphatic imine (C=N–C) groups is 1. The minimum Gasteiger partial charge on any atom is -0.303 e. The molecule has 1 aromatic carbocycles. The van der Waals surface area contributed by atoms with Gasteiger partial charge in [0.2, 0.25) is 0 Å². The van der Waals surface area contributed by atoms with E-state index in [9.17, 15) is 9.59 Å². The standard InChI is InChI=1S/C20H24N4O.C9H19NO/c1-4-11-21-15(2)19(16-8-6-5-7-9-16)24-14-22-18-13-23(3)12-10-17(18)20(24)25;1-4-5-7-10(3)9(2)6-8-11/h4-9,11,14,19H,10,12-13H2,1-3H3;8-9H,4-7H2,1-3H3/b11-4-,21-15?;. The van der Waals surface area contributed by atoms with Crippen molar-refractivity contribution in [3.63, 3.8) is 0 Å². The Morgan fingerprint density at radius 3 is 2.64 bits per heavy atom. The van der Waals surface area contributed by atoms with Gasteiger partial charge < -0.3 is 14.6 Å². The van der Waals surface area contributed by atoms with Crippen molar-refractivity contribution < 1.29 is 4.79 Å². The molecule has 0 spiro atoms. The van der Waals surface area contributed by atoms with Crippen LogP contribution in [0.4, 0.5) is 0 Å². The molecule has 0 aliphatic carbocycles. The van der Waals surface area contributed by atoms with Crippen LogP contribution in [-0.4, -0.2) is 64.6 Å². The Balaban J connectivity index is 0.000000352. The van der Waals surface area contributed by atoms with Gasteiger partial charge in [-0.15, -0.1) is 0 Å². The summed E-state index contributed by atoms with van der Waals surface area (Å²) in [5, 5.41) is 0. The Labute approximate surface area is 216 Å². The first kappa shape index (κ1) is 29.3. The summed E-state index contributed by atoms with van der Waals surface area (Å²) in [6.45, 7) is 10.9. The van der Waals surface area contributed by atoms with Crippen LogP contribution in [0.15, 0.2) is 58.7 Å². The van der Waals surface area contributed by atoms with Crippen LogP contribution in [0.3, 0.4) is 0 Å². The van der Waals surface area contributed by atoms with Crippen molar-refractivity contribution in [2.45, 2.75) is 72.0 Å². The van der Waals surface area contributed by atoms with Gasteiger partial charge in [0.25, 0.3) is 5.56 Å². The van der Waals surface area contributed by atoms with E-state index in [1.165, 1.54) is 12.8 Å². The van der Waals surface area contributed by atoms with Gasteiger partial charge in [-0.2, -0.15) is 0 Å². The van der Waals surface area contributed by atoms with E-state index in [0.717, 1.165) is 54.9 Å². The van der Waals surface area contributed by atoms with Gasteiger partial charge in [0, 0.05) is 43.0 Å². The van der Waals surface area contributed by atoms with Crippen LogP contribution in [0.2, 0.25) is 0 Å². The zero-order chi connectivity index (χ0) is 26.5. The largest absolute Gasteiger partial charge is 0.303 e. The number of aromatic nitrogens is 2. The molecule has 1 aromatic heterocycles. The molecule has 0 fully saturated rings. The molecular formula is C29H43N5O2. The van der Waals surface area contributed by atoms with E-state index in [1.807, 2.05) is 50.3 Å². The predicted octanol–water partition coefficient (Wildman–Crippen LogP) is 4.51. The van der Waals surface area contributed by atoms with Gasteiger partial charge in [-0.25, -0.2) is 4.98 Å². The fourth-order valence-corrected chi connectivity index (χ4v) is 4.20. The van der Waals surface area contributed by atoms with E-state index in [-0.39, 0.29) is 11.6 Å². The molecule has 0 saturated carbocycles. The zero-order valence-corrected chi connectivity index (χ0v) is 22.9. The SMILES string of the molecule is C/C=C\N=C(C)C(c1ccccc1)n1cnc2c(c1=O)CCN(C)C2.CCCCN(C)C(C)CC=O. The van der Waals surface area contributed by atoms with E-state index in [1.54, 1.807) is 17.1 Å². The molecule has 0 radical (unpaired) electrons. The van der Waals surface area contributed by atoms with Gasteiger partial charge in [-0.3, -0.25) is 14.4 Å². The molecule has 2 atom stereocenters. The molecule has 36 heavy (non-hydrogen) atoms. The molecule has 7 heteroatoms. The number of rotatable bonds is 10. The number of carbonyl (C=O) groups excluding carboxylic acids is 1. The van der Waals surface area contributed by atoms with Crippen molar-refractivity contribution in [2.24, 2.45) is 4.99 Å². The lowest BCUT2D eigenvalue weighted by atomic mass is 10.0. The molecule has 0 amide bonds. The number of benzene rings is 1. The van der Waals surface area contributed by atoms with Crippen LogP contribution in [0, 0.1) is 0 Å². The first-order valence-corrected chi connectivity index (χ1v) is 13.0. The van der Waals surface area contributed by atoms with Crippen LogP contribution in [0.1, 0.15) is 69.8 Å². The van der Waals surface area contributed by atoms with E-state index in [4.69, 9.17) is 0 Å². The third-order valence-electron chi connectivity index (χ3n) is 6.61. The van der Waals surface area contributed by atoms with Gasteiger partial charge in [0.1, 0.15) is 12.3 Å². The second-order valence-electron chi connectivity index (χ2n) is 9.52.